The van der Waals surface area contributed by atoms with Gasteiger partial charge < -0.3 is 20.1 Å². The molecule has 1 aromatic carbocycles. The molecule has 1 aromatic rings. The van der Waals surface area contributed by atoms with Crippen LogP contribution < -0.4 is 10.1 Å². The Labute approximate surface area is 137 Å². The van der Waals surface area contributed by atoms with Crippen LogP contribution in [0.3, 0.4) is 0 Å². The number of aliphatic carboxylic acids is 1. The minimum absolute atomic E-state index is 0.162. The lowest BCUT2D eigenvalue weighted by Crippen LogP contribution is -2.42. The zero-order valence-electron chi connectivity index (χ0n) is 13.9. The number of anilines is 1. The number of piperidine rings is 1. The van der Waals surface area contributed by atoms with E-state index >= 15 is 0 Å². The van der Waals surface area contributed by atoms with Crippen molar-refractivity contribution in [2.75, 3.05) is 25.0 Å². The molecule has 0 aliphatic carbocycles. The van der Waals surface area contributed by atoms with Crippen molar-refractivity contribution < 1.29 is 14.6 Å². The molecule has 0 amide bonds. The molecule has 0 spiro atoms. The van der Waals surface area contributed by atoms with E-state index in [1.807, 2.05) is 0 Å². The van der Waals surface area contributed by atoms with Crippen LogP contribution in [0, 0.1) is 5.92 Å². The Balaban J connectivity index is 1.58. The Morgan fingerprint density at radius 3 is 2.87 bits per heavy atom. The van der Waals surface area contributed by atoms with Gasteiger partial charge in [0.2, 0.25) is 0 Å². The Kier molecular flexibility index (Phi) is 4.76. The highest BCUT2D eigenvalue weighted by Crippen LogP contribution is 2.30. The Morgan fingerprint density at radius 1 is 1.43 bits per heavy atom. The van der Waals surface area contributed by atoms with Gasteiger partial charge in [0.15, 0.2) is 0 Å². The van der Waals surface area contributed by atoms with E-state index in [2.05, 4.69) is 42.3 Å². The molecule has 2 aliphatic heterocycles. The van der Waals surface area contributed by atoms with E-state index in [0.717, 1.165) is 50.3 Å². The maximum absolute atomic E-state index is 11.0. The molecular weight excluding hydrogens is 292 g/mol. The van der Waals surface area contributed by atoms with Crippen LogP contribution >= 0.6 is 0 Å². The van der Waals surface area contributed by atoms with Gasteiger partial charge in [-0.2, -0.15) is 0 Å². The van der Waals surface area contributed by atoms with Crippen molar-refractivity contribution in [2.45, 2.75) is 45.3 Å². The monoisotopic (exact) mass is 318 g/mol. The lowest BCUT2D eigenvalue weighted by Gasteiger charge is -2.35. The average Bonchev–Trinajstić information content (AvgIpc) is 2.55. The van der Waals surface area contributed by atoms with Crippen LogP contribution in [0.25, 0.3) is 0 Å². The normalized spacial score (nSPS) is 23.5. The van der Waals surface area contributed by atoms with E-state index in [1.54, 1.807) is 0 Å². The van der Waals surface area contributed by atoms with E-state index < -0.39 is 5.97 Å². The molecule has 1 saturated heterocycles. The first-order valence-corrected chi connectivity index (χ1v) is 8.53. The second kappa shape index (κ2) is 6.79. The lowest BCUT2D eigenvalue weighted by molar-refractivity contribution is -0.143. The zero-order chi connectivity index (χ0) is 16.4. The Morgan fingerprint density at radius 2 is 2.17 bits per heavy atom. The number of nitrogens with one attached hydrogen (secondary N) is 1. The summed E-state index contributed by atoms with van der Waals surface area (Å²) in [4.78, 5) is 13.5. The van der Waals surface area contributed by atoms with Crippen LogP contribution in [-0.2, 0) is 11.2 Å². The molecule has 2 N–H and O–H groups in total. The van der Waals surface area contributed by atoms with Gasteiger partial charge >= 0.3 is 5.97 Å². The summed E-state index contributed by atoms with van der Waals surface area (Å²) in [7, 11) is 0. The number of rotatable bonds is 4. The highest BCUT2D eigenvalue weighted by atomic mass is 16.5. The summed E-state index contributed by atoms with van der Waals surface area (Å²) in [5, 5.41) is 12.5. The van der Waals surface area contributed by atoms with Crippen LogP contribution in [0.2, 0.25) is 0 Å². The third-order valence-corrected chi connectivity index (χ3v) is 4.99. The summed E-state index contributed by atoms with van der Waals surface area (Å²) in [5.74, 6) is 0.125. The van der Waals surface area contributed by atoms with Gasteiger partial charge in [0, 0.05) is 6.04 Å². The molecular formula is C18H26N2O3. The summed E-state index contributed by atoms with van der Waals surface area (Å²) in [5.41, 5.74) is 2.37. The topological polar surface area (TPSA) is 61.8 Å². The lowest BCUT2D eigenvalue weighted by atomic mass is 9.95. The third kappa shape index (κ3) is 3.78. The molecule has 0 saturated carbocycles. The molecule has 2 unspecified atom stereocenters. The van der Waals surface area contributed by atoms with Crippen LogP contribution in [-0.4, -0.2) is 47.8 Å². The molecule has 2 atom stereocenters. The molecule has 3 rings (SSSR count). The van der Waals surface area contributed by atoms with E-state index in [-0.39, 0.29) is 12.0 Å². The van der Waals surface area contributed by atoms with Crippen molar-refractivity contribution in [3.8, 4) is 5.75 Å². The fourth-order valence-corrected chi connectivity index (χ4v) is 3.51. The van der Waals surface area contributed by atoms with Gasteiger partial charge in [0.1, 0.15) is 11.9 Å². The Bertz CT molecular complexity index is 567. The number of hydrogen-bond acceptors (Lipinski definition) is 4. The number of carboxylic acids is 1. The van der Waals surface area contributed by atoms with Gasteiger partial charge in [-0.15, -0.1) is 0 Å². The molecule has 1 fully saturated rings. The third-order valence-electron chi connectivity index (χ3n) is 4.99. The van der Waals surface area contributed by atoms with Gasteiger partial charge in [-0.05, 0) is 63.9 Å². The van der Waals surface area contributed by atoms with Gasteiger partial charge in [0.25, 0.3) is 0 Å². The SMILES string of the molecule is CC1CNc2cc(CC(C)N3CCC(C(=O)O)CC3)ccc2O1. The fourth-order valence-electron chi connectivity index (χ4n) is 3.51. The van der Waals surface area contributed by atoms with Gasteiger partial charge in [-0.25, -0.2) is 0 Å². The second-order valence-electron chi connectivity index (χ2n) is 6.84. The molecule has 126 valence electrons. The number of benzene rings is 1. The number of carboxylic acid groups (broad SMARTS) is 1. The predicted octanol–water partition coefficient (Wildman–Crippen LogP) is 2.61. The molecule has 0 aromatic heterocycles. The van der Waals surface area contributed by atoms with Gasteiger partial charge in [-0.3, -0.25) is 4.79 Å². The van der Waals surface area contributed by atoms with Gasteiger partial charge in [-0.1, -0.05) is 6.07 Å². The fraction of sp³-hybridized carbons (Fsp3) is 0.611. The summed E-state index contributed by atoms with van der Waals surface area (Å²) >= 11 is 0. The van der Waals surface area contributed by atoms with Crippen molar-refractivity contribution in [2.24, 2.45) is 5.92 Å². The van der Waals surface area contributed by atoms with Gasteiger partial charge in [0.05, 0.1) is 18.2 Å². The van der Waals surface area contributed by atoms with Crippen LogP contribution in [0.5, 0.6) is 5.75 Å². The van der Waals surface area contributed by atoms with E-state index in [9.17, 15) is 4.79 Å². The standard InChI is InChI=1S/C18H26N2O3/c1-12(20-7-5-15(6-8-20)18(21)22)9-14-3-4-17-16(10-14)19-11-13(2)23-17/h3-4,10,12-13,15,19H,5-9,11H2,1-2H3,(H,21,22). The van der Waals surface area contributed by atoms with Crippen molar-refractivity contribution in [1.29, 1.82) is 0 Å². The summed E-state index contributed by atoms with van der Waals surface area (Å²) < 4.78 is 5.81. The summed E-state index contributed by atoms with van der Waals surface area (Å²) in [6.45, 7) is 6.89. The highest BCUT2D eigenvalue weighted by molar-refractivity contribution is 5.70. The molecule has 2 heterocycles. The number of ether oxygens (including phenoxy) is 1. The summed E-state index contributed by atoms with van der Waals surface area (Å²) in [6.07, 6.45) is 2.71. The maximum atomic E-state index is 11.0. The van der Waals surface area contributed by atoms with Crippen molar-refractivity contribution >= 4 is 11.7 Å². The first kappa shape index (κ1) is 16.1. The molecule has 5 nitrogen and oxygen atoms in total. The van der Waals surface area contributed by atoms with E-state index in [4.69, 9.17) is 9.84 Å². The average molecular weight is 318 g/mol. The van der Waals surface area contributed by atoms with Crippen LogP contribution in [0.4, 0.5) is 5.69 Å². The molecule has 23 heavy (non-hydrogen) atoms. The van der Waals surface area contributed by atoms with Crippen LogP contribution in [0.1, 0.15) is 32.3 Å². The molecule has 0 bridgehead atoms. The van der Waals surface area contributed by atoms with Crippen molar-refractivity contribution in [3.05, 3.63) is 23.8 Å². The van der Waals surface area contributed by atoms with Crippen LogP contribution in [0.15, 0.2) is 18.2 Å². The number of hydrogen-bond donors (Lipinski definition) is 2. The quantitative estimate of drug-likeness (QED) is 0.893. The molecule has 0 radical (unpaired) electrons. The van der Waals surface area contributed by atoms with E-state index in [0.29, 0.717) is 6.04 Å². The van der Waals surface area contributed by atoms with Crippen molar-refractivity contribution in [1.82, 2.24) is 4.90 Å². The minimum atomic E-state index is -0.646. The molecule has 2 aliphatic rings. The first-order chi connectivity index (χ1) is 11.0. The molecule has 5 heteroatoms. The number of likely N-dealkylation sites (tertiary alicyclic amines) is 1. The largest absolute Gasteiger partial charge is 0.487 e. The smallest absolute Gasteiger partial charge is 0.306 e. The first-order valence-electron chi connectivity index (χ1n) is 8.53. The van der Waals surface area contributed by atoms with E-state index in [1.165, 1.54) is 5.56 Å². The second-order valence-corrected chi connectivity index (χ2v) is 6.84. The number of nitrogens with zero attached hydrogens (tertiary/aromatic N) is 1. The number of fused-ring (bicyclic) bond motifs is 1. The minimum Gasteiger partial charge on any atom is -0.487 e. The maximum Gasteiger partial charge on any atom is 0.306 e. The van der Waals surface area contributed by atoms with Crippen molar-refractivity contribution in [3.63, 3.8) is 0 Å². The summed E-state index contributed by atoms with van der Waals surface area (Å²) in [6, 6.07) is 6.79. The predicted molar refractivity (Wildman–Crippen MR) is 90.1 cm³/mol. The Hall–Kier alpha value is -1.75. The highest BCUT2D eigenvalue weighted by Gasteiger charge is 2.27. The zero-order valence-corrected chi connectivity index (χ0v) is 13.9. The number of carbonyl (C=O) groups is 1.